The van der Waals surface area contributed by atoms with Crippen molar-refractivity contribution < 1.29 is 14.3 Å². The summed E-state index contributed by atoms with van der Waals surface area (Å²) in [6.07, 6.45) is 2.07. The fourth-order valence-corrected chi connectivity index (χ4v) is 3.40. The predicted molar refractivity (Wildman–Crippen MR) is 81.2 cm³/mol. The zero-order valence-corrected chi connectivity index (χ0v) is 12.2. The summed E-state index contributed by atoms with van der Waals surface area (Å²) in [5.74, 6) is 0.960. The van der Waals surface area contributed by atoms with Gasteiger partial charge in [-0.1, -0.05) is 12.1 Å². The van der Waals surface area contributed by atoms with Crippen LogP contribution in [0.1, 0.15) is 16.8 Å². The van der Waals surface area contributed by atoms with Crippen LogP contribution in [0, 0.1) is 5.82 Å². The molecule has 6 heteroatoms. The van der Waals surface area contributed by atoms with Gasteiger partial charge >= 0.3 is 0 Å². The molecule has 1 saturated heterocycles. The minimum atomic E-state index is -0.493. The zero-order valence-electron chi connectivity index (χ0n) is 11.4. The highest BCUT2D eigenvalue weighted by Crippen LogP contribution is 2.28. The van der Waals surface area contributed by atoms with Crippen molar-refractivity contribution in [3.05, 3.63) is 35.8 Å². The van der Waals surface area contributed by atoms with Gasteiger partial charge in [0.2, 0.25) is 0 Å². The number of pyridine rings is 1. The normalized spacial score (nSPS) is 16.0. The summed E-state index contributed by atoms with van der Waals surface area (Å²) in [4.78, 5) is 18.3. The molecule has 21 heavy (non-hydrogen) atoms. The molecule has 110 valence electrons. The van der Waals surface area contributed by atoms with E-state index in [1.165, 1.54) is 12.1 Å². The van der Waals surface area contributed by atoms with E-state index in [0.29, 0.717) is 18.5 Å². The van der Waals surface area contributed by atoms with Crippen LogP contribution in [0.3, 0.4) is 0 Å². The number of thioether (sulfide) groups is 1. The van der Waals surface area contributed by atoms with Crippen LogP contribution in [0.2, 0.25) is 0 Å². The lowest BCUT2D eigenvalue weighted by Crippen LogP contribution is -2.33. The number of carbonyl (C=O) groups excluding carboxylic acids is 1. The van der Waals surface area contributed by atoms with Gasteiger partial charge in [0.1, 0.15) is 17.1 Å². The Morgan fingerprint density at radius 3 is 3.05 bits per heavy atom. The number of aromatic hydroxyl groups is 1. The summed E-state index contributed by atoms with van der Waals surface area (Å²) in [5.41, 5.74) is 0.259. The van der Waals surface area contributed by atoms with E-state index in [9.17, 15) is 14.3 Å². The second-order valence-corrected chi connectivity index (χ2v) is 6.14. The minimum Gasteiger partial charge on any atom is -0.505 e. The van der Waals surface area contributed by atoms with Gasteiger partial charge in [-0.3, -0.25) is 4.79 Å². The number of para-hydroxylation sites is 1. The quantitative estimate of drug-likeness (QED) is 0.880. The number of carbonyl (C=O) groups is 1. The number of amides is 1. The first kappa shape index (κ1) is 14.1. The second-order valence-electron chi connectivity index (χ2n) is 4.91. The number of rotatable bonds is 1. The van der Waals surface area contributed by atoms with Gasteiger partial charge in [-0.15, -0.1) is 0 Å². The third-order valence-corrected chi connectivity index (χ3v) is 4.60. The van der Waals surface area contributed by atoms with Crippen LogP contribution in [-0.2, 0) is 0 Å². The zero-order chi connectivity index (χ0) is 14.8. The number of hydrogen-bond donors (Lipinski definition) is 1. The highest BCUT2D eigenvalue weighted by molar-refractivity contribution is 7.99. The Labute approximate surface area is 126 Å². The molecule has 4 nitrogen and oxygen atoms in total. The first-order chi connectivity index (χ1) is 10.2. The Hall–Kier alpha value is -1.82. The van der Waals surface area contributed by atoms with Crippen molar-refractivity contribution in [1.29, 1.82) is 0 Å². The van der Waals surface area contributed by atoms with Crippen LogP contribution in [0.15, 0.2) is 24.4 Å². The van der Waals surface area contributed by atoms with E-state index < -0.39 is 5.82 Å². The molecule has 1 amide bonds. The number of nitrogens with zero attached hydrogens (tertiary/aromatic N) is 2. The van der Waals surface area contributed by atoms with Crippen LogP contribution in [0.25, 0.3) is 10.9 Å². The maximum Gasteiger partial charge on any atom is 0.258 e. The smallest absolute Gasteiger partial charge is 0.258 e. The molecule has 1 aliphatic heterocycles. The van der Waals surface area contributed by atoms with Crippen LogP contribution in [0.5, 0.6) is 5.75 Å². The molecule has 3 rings (SSSR count). The predicted octanol–water partition coefficient (Wildman–Crippen LogP) is 2.66. The van der Waals surface area contributed by atoms with Gasteiger partial charge in [-0.25, -0.2) is 9.37 Å². The van der Waals surface area contributed by atoms with Crippen molar-refractivity contribution in [3.8, 4) is 5.75 Å². The summed E-state index contributed by atoms with van der Waals surface area (Å²) in [5, 5.41) is 10.4. The molecule has 0 unspecified atom stereocenters. The van der Waals surface area contributed by atoms with E-state index in [-0.39, 0.29) is 22.7 Å². The van der Waals surface area contributed by atoms with E-state index in [2.05, 4.69) is 4.98 Å². The molecule has 0 saturated carbocycles. The SMILES string of the molecule is O=C(c1c(O)cnc2c(F)cccc12)N1CCCSCC1. The van der Waals surface area contributed by atoms with Crippen LogP contribution < -0.4 is 0 Å². The number of halogens is 1. The lowest BCUT2D eigenvalue weighted by Gasteiger charge is -2.21. The molecular weight excluding hydrogens is 291 g/mol. The maximum absolute atomic E-state index is 13.8. The number of aromatic nitrogens is 1. The average molecular weight is 306 g/mol. The van der Waals surface area contributed by atoms with E-state index in [1.54, 1.807) is 11.0 Å². The lowest BCUT2D eigenvalue weighted by atomic mass is 10.1. The molecule has 0 bridgehead atoms. The van der Waals surface area contributed by atoms with Gasteiger partial charge in [0, 0.05) is 24.2 Å². The Balaban J connectivity index is 2.08. The number of fused-ring (bicyclic) bond motifs is 1. The average Bonchev–Trinajstić information content (AvgIpc) is 2.76. The molecule has 2 heterocycles. The van der Waals surface area contributed by atoms with Crippen LogP contribution in [0.4, 0.5) is 4.39 Å². The maximum atomic E-state index is 13.8. The van der Waals surface area contributed by atoms with Crippen LogP contribution >= 0.6 is 11.8 Å². The lowest BCUT2D eigenvalue weighted by molar-refractivity contribution is 0.0767. The molecule has 1 aliphatic rings. The molecule has 0 atom stereocenters. The van der Waals surface area contributed by atoms with Gasteiger partial charge in [0.25, 0.3) is 5.91 Å². The fourth-order valence-electron chi connectivity index (χ4n) is 2.51. The summed E-state index contributed by atoms with van der Waals surface area (Å²) in [7, 11) is 0. The van der Waals surface area contributed by atoms with Gasteiger partial charge in [0.05, 0.1) is 11.8 Å². The third kappa shape index (κ3) is 2.68. The summed E-state index contributed by atoms with van der Waals surface area (Å²) in [6, 6.07) is 4.43. The van der Waals surface area contributed by atoms with Crippen molar-refractivity contribution in [2.24, 2.45) is 0 Å². The first-order valence-electron chi connectivity index (χ1n) is 6.81. The summed E-state index contributed by atoms with van der Waals surface area (Å²) >= 11 is 1.81. The molecular formula is C15H15FN2O2S. The van der Waals surface area contributed by atoms with E-state index in [4.69, 9.17) is 0 Å². The van der Waals surface area contributed by atoms with Crippen molar-refractivity contribution in [1.82, 2.24) is 9.88 Å². The molecule has 0 spiro atoms. The van der Waals surface area contributed by atoms with E-state index >= 15 is 0 Å². The monoisotopic (exact) mass is 306 g/mol. The largest absolute Gasteiger partial charge is 0.505 e. The van der Waals surface area contributed by atoms with Crippen molar-refractivity contribution >= 4 is 28.6 Å². The Kier molecular flexibility index (Phi) is 3.96. The summed E-state index contributed by atoms with van der Waals surface area (Å²) in [6.45, 7) is 1.30. The number of benzene rings is 1. The molecule has 1 aromatic carbocycles. The van der Waals surface area contributed by atoms with Gasteiger partial charge in [-0.2, -0.15) is 11.8 Å². The second kappa shape index (κ2) is 5.89. The van der Waals surface area contributed by atoms with Gasteiger partial charge in [0.15, 0.2) is 0 Å². The van der Waals surface area contributed by atoms with Gasteiger partial charge in [-0.05, 0) is 18.2 Å². The Bertz CT molecular complexity index is 685. The molecule has 0 radical (unpaired) electrons. The van der Waals surface area contributed by atoms with Crippen LogP contribution in [-0.4, -0.2) is 45.5 Å². The first-order valence-corrected chi connectivity index (χ1v) is 7.97. The topological polar surface area (TPSA) is 53.4 Å². The molecule has 1 fully saturated rings. The number of hydrogen-bond acceptors (Lipinski definition) is 4. The molecule has 2 aromatic rings. The van der Waals surface area contributed by atoms with E-state index in [1.807, 2.05) is 11.8 Å². The fraction of sp³-hybridized carbons (Fsp3) is 0.333. The Morgan fingerprint density at radius 2 is 2.19 bits per heavy atom. The van der Waals surface area contributed by atoms with Gasteiger partial charge < -0.3 is 10.0 Å². The molecule has 1 aromatic heterocycles. The van der Waals surface area contributed by atoms with Crippen molar-refractivity contribution in [3.63, 3.8) is 0 Å². The summed E-state index contributed by atoms with van der Waals surface area (Å²) < 4.78 is 13.8. The highest BCUT2D eigenvalue weighted by atomic mass is 32.2. The molecule has 0 aliphatic carbocycles. The standard InChI is InChI=1S/C15H15FN2O2S/c16-11-4-1-3-10-13(12(19)9-17-14(10)11)15(20)18-5-2-7-21-8-6-18/h1,3-4,9,19H,2,5-8H2. The van der Waals surface area contributed by atoms with Crippen molar-refractivity contribution in [2.75, 3.05) is 24.6 Å². The minimum absolute atomic E-state index is 0.114. The third-order valence-electron chi connectivity index (χ3n) is 3.55. The van der Waals surface area contributed by atoms with Crippen molar-refractivity contribution in [2.45, 2.75) is 6.42 Å². The highest BCUT2D eigenvalue weighted by Gasteiger charge is 2.23. The Morgan fingerprint density at radius 1 is 1.33 bits per heavy atom. The molecule has 1 N–H and O–H groups in total. The van der Waals surface area contributed by atoms with E-state index in [0.717, 1.165) is 24.1 Å².